The zero-order valence-corrected chi connectivity index (χ0v) is 12.0. The second-order valence-corrected chi connectivity index (χ2v) is 5.56. The van der Waals surface area contributed by atoms with Crippen LogP contribution in [-0.2, 0) is 6.18 Å². The molecule has 3 rings (SSSR count). The molecule has 1 aromatic carbocycles. The van der Waals surface area contributed by atoms with Crippen molar-refractivity contribution in [3.63, 3.8) is 0 Å². The van der Waals surface area contributed by atoms with Crippen LogP contribution in [0.4, 0.5) is 19.2 Å². The van der Waals surface area contributed by atoms with Crippen molar-refractivity contribution < 1.29 is 17.6 Å². The number of hydrogen-bond acceptors (Lipinski definition) is 4. The maximum atomic E-state index is 12.9. The molecule has 0 radical (unpaired) electrons. The average Bonchev–Trinajstić information content (AvgIpc) is 2.81. The Morgan fingerprint density at radius 2 is 2.05 bits per heavy atom. The molecule has 118 valence electrons. The molecular formula is C15H16F3N3O. The molecule has 1 N–H and O–H groups in total. The van der Waals surface area contributed by atoms with Crippen LogP contribution in [0.5, 0.6) is 0 Å². The summed E-state index contributed by atoms with van der Waals surface area (Å²) in [6, 6.07) is 5.40. The van der Waals surface area contributed by atoms with Gasteiger partial charge in [-0.3, -0.25) is 0 Å². The molecule has 22 heavy (non-hydrogen) atoms. The standard InChI is InChI=1S/C15H16F3N3O/c1-9-20-21-14(22-9)19-13(10-4-2-5-10)11-6-3-7-12(8-11)15(16,17)18/h3,6-8,10,13H,2,4-5H2,1H3,(H,19,21). The van der Waals surface area contributed by atoms with Gasteiger partial charge in [0, 0.05) is 6.92 Å². The molecular weight excluding hydrogens is 295 g/mol. The van der Waals surface area contributed by atoms with Crippen LogP contribution in [0, 0.1) is 12.8 Å². The lowest BCUT2D eigenvalue weighted by Gasteiger charge is -2.34. The van der Waals surface area contributed by atoms with E-state index in [0.717, 1.165) is 25.3 Å². The third-order valence-corrected chi connectivity index (χ3v) is 4.00. The predicted molar refractivity (Wildman–Crippen MR) is 74.2 cm³/mol. The first-order valence-corrected chi connectivity index (χ1v) is 7.17. The van der Waals surface area contributed by atoms with E-state index in [1.807, 2.05) is 0 Å². The van der Waals surface area contributed by atoms with E-state index in [1.165, 1.54) is 12.1 Å². The zero-order valence-electron chi connectivity index (χ0n) is 12.0. The van der Waals surface area contributed by atoms with Crippen molar-refractivity contribution in [2.75, 3.05) is 5.32 Å². The van der Waals surface area contributed by atoms with Gasteiger partial charge in [-0.1, -0.05) is 23.7 Å². The lowest BCUT2D eigenvalue weighted by Crippen LogP contribution is -2.26. The molecule has 2 aromatic rings. The molecule has 1 aliphatic rings. The number of hydrogen-bond donors (Lipinski definition) is 1. The molecule has 0 saturated heterocycles. The maximum Gasteiger partial charge on any atom is 0.416 e. The lowest BCUT2D eigenvalue weighted by atomic mass is 9.77. The monoisotopic (exact) mass is 311 g/mol. The van der Waals surface area contributed by atoms with E-state index in [2.05, 4.69) is 15.5 Å². The minimum atomic E-state index is -4.35. The fourth-order valence-corrected chi connectivity index (χ4v) is 2.64. The van der Waals surface area contributed by atoms with Crippen molar-refractivity contribution in [2.45, 2.75) is 38.4 Å². The van der Waals surface area contributed by atoms with Crippen molar-refractivity contribution in [1.82, 2.24) is 10.2 Å². The van der Waals surface area contributed by atoms with Crippen molar-refractivity contribution in [3.8, 4) is 0 Å². The van der Waals surface area contributed by atoms with Gasteiger partial charge in [-0.15, -0.1) is 5.10 Å². The number of nitrogens with one attached hydrogen (secondary N) is 1. The van der Waals surface area contributed by atoms with E-state index in [4.69, 9.17) is 4.42 Å². The van der Waals surface area contributed by atoms with Crippen LogP contribution in [0.2, 0.25) is 0 Å². The van der Waals surface area contributed by atoms with Crippen molar-refractivity contribution >= 4 is 6.01 Å². The minimum absolute atomic E-state index is 0.242. The summed E-state index contributed by atoms with van der Waals surface area (Å²) in [4.78, 5) is 0. The molecule has 0 spiro atoms. The molecule has 1 aliphatic carbocycles. The van der Waals surface area contributed by atoms with E-state index in [1.54, 1.807) is 13.0 Å². The van der Waals surface area contributed by atoms with E-state index in [0.29, 0.717) is 11.5 Å². The van der Waals surface area contributed by atoms with Gasteiger partial charge in [0.2, 0.25) is 5.89 Å². The number of aromatic nitrogens is 2. The van der Waals surface area contributed by atoms with E-state index >= 15 is 0 Å². The Labute approximate surface area is 125 Å². The third-order valence-electron chi connectivity index (χ3n) is 4.00. The van der Waals surface area contributed by atoms with Gasteiger partial charge in [0.05, 0.1) is 11.6 Å². The summed E-state index contributed by atoms with van der Waals surface area (Å²) in [6.07, 6.45) is -1.31. The molecule has 1 fully saturated rings. The van der Waals surface area contributed by atoms with E-state index in [9.17, 15) is 13.2 Å². The number of benzene rings is 1. The molecule has 1 unspecified atom stereocenters. The minimum Gasteiger partial charge on any atom is -0.408 e. The average molecular weight is 311 g/mol. The molecule has 1 saturated carbocycles. The first-order chi connectivity index (χ1) is 10.4. The van der Waals surface area contributed by atoms with Crippen LogP contribution in [0.1, 0.15) is 42.3 Å². The quantitative estimate of drug-likeness (QED) is 0.912. The Hall–Kier alpha value is -2.05. The van der Waals surface area contributed by atoms with Crippen LogP contribution in [0.25, 0.3) is 0 Å². The van der Waals surface area contributed by atoms with Crippen LogP contribution in [0.15, 0.2) is 28.7 Å². The highest BCUT2D eigenvalue weighted by Crippen LogP contribution is 2.41. The highest BCUT2D eigenvalue weighted by molar-refractivity contribution is 5.34. The summed E-state index contributed by atoms with van der Waals surface area (Å²) in [5, 5.41) is 10.7. The summed E-state index contributed by atoms with van der Waals surface area (Å²) in [6.45, 7) is 1.67. The number of rotatable bonds is 4. The van der Waals surface area contributed by atoms with Gasteiger partial charge in [-0.25, -0.2) is 0 Å². The van der Waals surface area contributed by atoms with Gasteiger partial charge in [0.15, 0.2) is 0 Å². The van der Waals surface area contributed by atoms with Gasteiger partial charge >= 0.3 is 12.2 Å². The van der Waals surface area contributed by atoms with Crippen molar-refractivity contribution in [1.29, 1.82) is 0 Å². The van der Waals surface area contributed by atoms with Crippen LogP contribution < -0.4 is 5.32 Å². The number of aryl methyl sites for hydroxylation is 1. The largest absolute Gasteiger partial charge is 0.416 e. The Morgan fingerprint density at radius 1 is 1.27 bits per heavy atom. The normalized spacial score (nSPS) is 17.1. The summed E-state index contributed by atoms with van der Waals surface area (Å²) >= 11 is 0. The second kappa shape index (κ2) is 5.62. The maximum absolute atomic E-state index is 12.9. The smallest absolute Gasteiger partial charge is 0.408 e. The molecule has 0 amide bonds. The Bertz CT molecular complexity index is 649. The predicted octanol–water partition coefficient (Wildman–Crippen LogP) is 4.35. The topological polar surface area (TPSA) is 51.0 Å². The highest BCUT2D eigenvalue weighted by Gasteiger charge is 2.34. The van der Waals surface area contributed by atoms with Crippen molar-refractivity contribution in [2.24, 2.45) is 5.92 Å². The Kier molecular flexibility index (Phi) is 3.80. The summed E-state index contributed by atoms with van der Waals surface area (Å²) in [5.41, 5.74) is -0.0480. The molecule has 0 bridgehead atoms. The third kappa shape index (κ3) is 3.08. The summed E-state index contributed by atoms with van der Waals surface area (Å²) in [7, 11) is 0. The Morgan fingerprint density at radius 3 is 2.59 bits per heavy atom. The fraction of sp³-hybridized carbons (Fsp3) is 0.467. The molecule has 1 atom stereocenters. The second-order valence-electron chi connectivity index (χ2n) is 5.56. The number of halogens is 3. The number of alkyl halides is 3. The summed E-state index contributed by atoms with van der Waals surface area (Å²) in [5.74, 6) is 0.689. The lowest BCUT2D eigenvalue weighted by molar-refractivity contribution is -0.137. The van der Waals surface area contributed by atoms with Crippen molar-refractivity contribution in [3.05, 3.63) is 41.3 Å². The Balaban J connectivity index is 1.89. The van der Waals surface area contributed by atoms with Gasteiger partial charge < -0.3 is 9.73 Å². The zero-order chi connectivity index (χ0) is 15.7. The summed E-state index contributed by atoms with van der Waals surface area (Å²) < 4.78 is 44.0. The number of nitrogens with zero attached hydrogens (tertiary/aromatic N) is 2. The molecule has 0 aliphatic heterocycles. The van der Waals surface area contributed by atoms with Crippen LogP contribution in [-0.4, -0.2) is 10.2 Å². The first kappa shape index (κ1) is 14.9. The number of anilines is 1. The first-order valence-electron chi connectivity index (χ1n) is 7.17. The molecule has 1 aromatic heterocycles. The molecule has 1 heterocycles. The molecule has 4 nitrogen and oxygen atoms in total. The van der Waals surface area contributed by atoms with Gasteiger partial charge in [0.1, 0.15) is 0 Å². The van der Waals surface area contributed by atoms with Crippen LogP contribution >= 0.6 is 0 Å². The van der Waals surface area contributed by atoms with Gasteiger partial charge in [-0.05, 0) is 36.5 Å². The van der Waals surface area contributed by atoms with Gasteiger partial charge in [0.25, 0.3) is 0 Å². The van der Waals surface area contributed by atoms with Gasteiger partial charge in [-0.2, -0.15) is 13.2 Å². The molecule has 7 heteroatoms. The SMILES string of the molecule is Cc1nnc(NC(c2cccc(C(F)(F)F)c2)C2CCC2)o1. The highest BCUT2D eigenvalue weighted by atomic mass is 19.4. The fourth-order valence-electron chi connectivity index (χ4n) is 2.64. The van der Waals surface area contributed by atoms with E-state index < -0.39 is 11.7 Å². The van der Waals surface area contributed by atoms with E-state index in [-0.39, 0.29) is 18.0 Å². The van der Waals surface area contributed by atoms with Crippen LogP contribution in [0.3, 0.4) is 0 Å².